The number of piperidine rings is 1. The van der Waals surface area contributed by atoms with E-state index in [-0.39, 0.29) is 18.1 Å². The fourth-order valence-corrected chi connectivity index (χ4v) is 2.74. The SMILES string of the molecule is C[C@H]1CCCC[NH+]1CC(=O)NCC(=O)Nc1ccc(F)c(F)c1. The Kier molecular flexibility index (Phi) is 6.04. The summed E-state index contributed by atoms with van der Waals surface area (Å²) >= 11 is 0. The molecule has 2 rings (SSSR count). The van der Waals surface area contributed by atoms with Gasteiger partial charge < -0.3 is 15.5 Å². The van der Waals surface area contributed by atoms with Gasteiger partial charge in [-0.05, 0) is 38.3 Å². The standard InChI is InChI=1S/C16H21F2N3O2/c1-11-4-2-3-7-21(11)10-16(23)19-9-15(22)20-12-5-6-13(17)14(18)8-12/h5-6,8,11H,2-4,7,9-10H2,1H3,(H,19,23)(H,20,22)/p+1/t11-/m0/s1. The van der Waals surface area contributed by atoms with Crippen molar-refractivity contribution < 1.29 is 23.3 Å². The number of rotatable bonds is 5. The lowest BCUT2D eigenvalue weighted by Crippen LogP contribution is -3.17. The van der Waals surface area contributed by atoms with Gasteiger partial charge in [-0.25, -0.2) is 8.78 Å². The van der Waals surface area contributed by atoms with Crippen molar-refractivity contribution in [2.24, 2.45) is 0 Å². The molecule has 1 aliphatic rings. The lowest BCUT2D eigenvalue weighted by Gasteiger charge is -2.29. The molecule has 0 spiro atoms. The van der Waals surface area contributed by atoms with Gasteiger partial charge in [0.1, 0.15) is 0 Å². The molecule has 2 atom stereocenters. The minimum absolute atomic E-state index is 0.151. The predicted octanol–water partition coefficient (Wildman–Crippen LogP) is 0.477. The van der Waals surface area contributed by atoms with E-state index in [0.29, 0.717) is 12.6 Å². The fraction of sp³-hybridized carbons (Fsp3) is 0.500. The number of halogens is 2. The Morgan fingerprint density at radius 2 is 2.00 bits per heavy atom. The van der Waals surface area contributed by atoms with Gasteiger partial charge in [0.2, 0.25) is 5.91 Å². The first-order chi connectivity index (χ1) is 11.0. The van der Waals surface area contributed by atoms with Gasteiger partial charge in [-0.15, -0.1) is 0 Å². The number of benzene rings is 1. The van der Waals surface area contributed by atoms with Crippen LogP contribution in [0.5, 0.6) is 0 Å². The van der Waals surface area contributed by atoms with E-state index < -0.39 is 17.5 Å². The van der Waals surface area contributed by atoms with Crippen molar-refractivity contribution >= 4 is 17.5 Å². The summed E-state index contributed by atoms with van der Waals surface area (Å²) in [6.45, 7) is 3.24. The monoisotopic (exact) mass is 326 g/mol. The Labute approximate surface area is 134 Å². The van der Waals surface area contributed by atoms with Crippen molar-refractivity contribution in [2.45, 2.75) is 32.2 Å². The van der Waals surface area contributed by atoms with Gasteiger partial charge in [0, 0.05) is 11.8 Å². The van der Waals surface area contributed by atoms with Crippen LogP contribution in [0, 0.1) is 11.6 Å². The molecule has 1 heterocycles. The van der Waals surface area contributed by atoms with Crippen LogP contribution < -0.4 is 15.5 Å². The number of anilines is 1. The Bertz CT molecular complexity index is 580. The molecule has 0 radical (unpaired) electrons. The Morgan fingerprint density at radius 1 is 1.22 bits per heavy atom. The van der Waals surface area contributed by atoms with E-state index in [0.717, 1.165) is 31.5 Å². The zero-order valence-electron chi connectivity index (χ0n) is 13.1. The maximum Gasteiger partial charge on any atom is 0.275 e. The van der Waals surface area contributed by atoms with Gasteiger partial charge in [0.05, 0.1) is 19.1 Å². The molecule has 2 amide bonds. The van der Waals surface area contributed by atoms with Crippen LogP contribution in [0.2, 0.25) is 0 Å². The van der Waals surface area contributed by atoms with Gasteiger partial charge in [-0.1, -0.05) is 0 Å². The molecule has 5 nitrogen and oxygen atoms in total. The molecule has 1 aromatic rings. The lowest BCUT2D eigenvalue weighted by atomic mass is 10.0. The molecular formula is C16H22F2N3O2+. The molecule has 0 aromatic heterocycles. The van der Waals surface area contributed by atoms with Crippen molar-refractivity contribution in [3.8, 4) is 0 Å². The number of carbonyl (C=O) groups excluding carboxylic acids is 2. The van der Waals surface area contributed by atoms with Crippen LogP contribution in [-0.4, -0.2) is 37.5 Å². The zero-order valence-corrected chi connectivity index (χ0v) is 13.1. The van der Waals surface area contributed by atoms with Crippen LogP contribution in [0.1, 0.15) is 26.2 Å². The molecule has 23 heavy (non-hydrogen) atoms. The first-order valence-electron chi connectivity index (χ1n) is 7.82. The van der Waals surface area contributed by atoms with Crippen molar-refractivity contribution in [3.05, 3.63) is 29.8 Å². The van der Waals surface area contributed by atoms with Gasteiger partial charge in [0.15, 0.2) is 18.2 Å². The van der Waals surface area contributed by atoms with Gasteiger partial charge >= 0.3 is 0 Å². The van der Waals surface area contributed by atoms with Gasteiger partial charge in [0.25, 0.3) is 5.91 Å². The third-order valence-electron chi connectivity index (χ3n) is 4.12. The Morgan fingerprint density at radius 3 is 2.70 bits per heavy atom. The van der Waals surface area contributed by atoms with Crippen LogP contribution in [0.15, 0.2) is 18.2 Å². The maximum atomic E-state index is 13.0. The molecule has 1 aliphatic heterocycles. The van der Waals surface area contributed by atoms with E-state index in [1.807, 2.05) is 0 Å². The van der Waals surface area contributed by atoms with E-state index >= 15 is 0 Å². The topological polar surface area (TPSA) is 62.6 Å². The quantitative estimate of drug-likeness (QED) is 0.737. The Balaban J connectivity index is 1.75. The van der Waals surface area contributed by atoms with Crippen molar-refractivity contribution in [1.29, 1.82) is 0 Å². The highest BCUT2D eigenvalue weighted by Crippen LogP contribution is 2.12. The summed E-state index contributed by atoms with van der Waals surface area (Å²) in [5.41, 5.74) is 0.151. The maximum absolute atomic E-state index is 13.0. The predicted molar refractivity (Wildman–Crippen MR) is 82.0 cm³/mol. The van der Waals surface area contributed by atoms with Crippen molar-refractivity contribution in [2.75, 3.05) is 25.0 Å². The number of carbonyl (C=O) groups is 2. The first-order valence-corrected chi connectivity index (χ1v) is 7.82. The molecular weight excluding hydrogens is 304 g/mol. The largest absolute Gasteiger partial charge is 0.342 e. The van der Waals surface area contributed by atoms with Crippen molar-refractivity contribution in [1.82, 2.24) is 5.32 Å². The molecule has 0 bridgehead atoms. The number of amides is 2. The average Bonchev–Trinajstić information content (AvgIpc) is 2.51. The van der Waals surface area contributed by atoms with Crippen LogP contribution in [0.25, 0.3) is 0 Å². The highest BCUT2D eigenvalue weighted by Gasteiger charge is 2.24. The highest BCUT2D eigenvalue weighted by molar-refractivity contribution is 5.94. The molecule has 1 saturated heterocycles. The van der Waals surface area contributed by atoms with Crippen LogP contribution in [0.4, 0.5) is 14.5 Å². The van der Waals surface area contributed by atoms with E-state index in [9.17, 15) is 18.4 Å². The third-order valence-corrected chi connectivity index (χ3v) is 4.12. The van der Waals surface area contributed by atoms with E-state index in [4.69, 9.17) is 0 Å². The van der Waals surface area contributed by atoms with Crippen LogP contribution in [0.3, 0.4) is 0 Å². The molecule has 1 unspecified atom stereocenters. The highest BCUT2D eigenvalue weighted by atomic mass is 19.2. The smallest absolute Gasteiger partial charge is 0.275 e. The fourth-order valence-electron chi connectivity index (χ4n) is 2.74. The molecule has 3 N–H and O–H groups in total. The summed E-state index contributed by atoms with van der Waals surface area (Å²) in [6, 6.07) is 3.54. The number of hydrogen-bond acceptors (Lipinski definition) is 2. The second kappa shape index (κ2) is 8.01. The van der Waals surface area contributed by atoms with Gasteiger partial charge in [-0.2, -0.15) is 0 Å². The molecule has 1 aromatic carbocycles. The molecule has 126 valence electrons. The summed E-state index contributed by atoms with van der Waals surface area (Å²) in [4.78, 5) is 24.8. The van der Waals surface area contributed by atoms with Crippen molar-refractivity contribution in [3.63, 3.8) is 0 Å². The minimum atomic E-state index is -1.03. The van der Waals surface area contributed by atoms with E-state index in [2.05, 4.69) is 17.6 Å². The summed E-state index contributed by atoms with van der Waals surface area (Å²) in [5.74, 6) is -2.68. The zero-order chi connectivity index (χ0) is 16.8. The molecule has 0 aliphatic carbocycles. The van der Waals surface area contributed by atoms with E-state index in [1.54, 1.807) is 0 Å². The third kappa shape index (κ3) is 5.28. The normalized spacial score (nSPS) is 20.8. The number of likely N-dealkylation sites (tertiary alicyclic amines) is 1. The number of quaternary nitrogens is 1. The average molecular weight is 326 g/mol. The lowest BCUT2D eigenvalue weighted by molar-refractivity contribution is -0.920. The summed E-state index contributed by atoms with van der Waals surface area (Å²) in [7, 11) is 0. The Hall–Kier alpha value is -2.02. The second-order valence-corrected chi connectivity index (χ2v) is 5.94. The number of nitrogens with one attached hydrogen (secondary N) is 3. The summed E-state index contributed by atoms with van der Waals surface area (Å²) in [6.07, 6.45) is 3.42. The molecule has 0 saturated carbocycles. The minimum Gasteiger partial charge on any atom is -0.342 e. The van der Waals surface area contributed by atoms with Crippen LogP contribution in [-0.2, 0) is 9.59 Å². The van der Waals surface area contributed by atoms with Crippen LogP contribution >= 0.6 is 0 Å². The molecule has 7 heteroatoms. The first kappa shape index (κ1) is 17.3. The summed E-state index contributed by atoms with van der Waals surface area (Å²) < 4.78 is 25.8. The van der Waals surface area contributed by atoms with Gasteiger partial charge in [-0.3, -0.25) is 9.59 Å². The summed E-state index contributed by atoms with van der Waals surface area (Å²) in [5, 5.41) is 4.97. The second-order valence-electron chi connectivity index (χ2n) is 5.94. The number of hydrogen-bond donors (Lipinski definition) is 3. The molecule has 1 fully saturated rings. The van der Waals surface area contributed by atoms with E-state index in [1.165, 1.54) is 17.4 Å².